The Kier molecular flexibility index (Phi) is 20.7. The van der Waals surface area contributed by atoms with Crippen molar-refractivity contribution in [3.63, 3.8) is 0 Å². The fourth-order valence-corrected chi connectivity index (χ4v) is 19.3. The van der Waals surface area contributed by atoms with Gasteiger partial charge in [0.05, 0.1) is 6.33 Å². The van der Waals surface area contributed by atoms with E-state index in [-0.39, 0.29) is 40.2 Å². The second-order valence-electron chi connectivity index (χ2n) is 32.3. The van der Waals surface area contributed by atoms with Gasteiger partial charge < -0.3 is 19.9 Å². The van der Waals surface area contributed by atoms with Gasteiger partial charge in [0.15, 0.2) is 0 Å². The summed E-state index contributed by atoms with van der Waals surface area (Å²) in [4.78, 5) is 29.1. The van der Waals surface area contributed by atoms with Crippen LogP contribution in [-0.2, 0) is 91.6 Å². The number of aryl methyl sites for hydroxylation is 8. The van der Waals surface area contributed by atoms with Crippen LogP contribution in [0, 0.1) is 36.4 Å². The fraction of sp³-hybridized carbons (Fsp3) is 0.0690. The van der Waals surface area contributed by atoms with Crippen molar-refractivity contribution in [2.75, 3.05) is 0 Å². The molecular weight excluding hydrogens is 1860 g/mol. The minimum atomic E-state index is 0. The largest absolute Gasteiger partial charge is 3.00 e. The van der Waals surface area contributed by atoms with Gasteiger partial charge >= 0.3 is 40.2 Å². The summed E-state index contributed by atoms with van der Waals surface area (Å²) in [5.74, 6) is 0. The van der Waals surface area contributed by atoms with Crippen molar-refractivity contribution in [1.82, 2.24) is 29.9 Å². The third-order valence-electron chi connectivity index (χ3n) is 25.3. The number of nitrogens with zero attached hydrogens (tertiary/aromatic N) is 6. The maximum absolute atomic E-state index is 4.89. The molecule has 5 aromatic heterocycles. The van der Waals surface area contributed by atoms with E-state index in [9.17, 15) is 0 Å². The first-order valence-electron chi connectivity index (χ1n) is 42.1. The van der Waals surface area contributed by atoms with E-state index in [4.69, 9.17) is 29.9 Å². The number of hydrogen-bond donors (Lipinski definition) is 0. The zero-order chi connectivity index (χ0) is 80.6. The van der Waals surface area contributed by atoms with Gasteiger partial charge in [0.1, 0.15) is 0 Å². The van der Waals surface area contributed by atoms with Crippen LogP contribution in [0.25, 0.3) is 201 Å². The number of fused-ring (bicyclic) bond motifs is 12. The molecule has 6 nitrogen and oxygen atoms in total. The van der Waals surface area contributed by atoms with Crippen LogP contribution in [0.3, 0.4) is 0 Å². The minimum Gasteiger partial charge on any atom is -0.304 e. The average Bonchev–Trinajstić information content (AvgIpc) is 0.763. The molecule has 23 rings (SSSR count). The van der Waals surface area contributed by atoms with Gasteiger partial charge in [0, 0.05) is 24.8 Å². The smallest absolute Gasteiger partial charge is 0.304 e. The molecule has 586 valence electrons. The van der Waals surface area contributed by atoms with Gasteiger partial charge in [0.25, 0.3) is 0 Å². The summed E-state index contributed by atoms with van der Waals surface area (Å²) in [6, 6.07) is 140. The van der Waals surface area contributed by atoms with Crippen LogP contribution >= 0.6 is 0 Å². The van der Waals surface area contributed by atoms with E-state index in [1.807, 2.05) is 49.1 Å². The molecule has 14 aromatic carbocycles. The van der Waals surface area contributed by atoms with E-state index in [0.29, 0.717) is 0 Å². The van der Waals surface area contributed by atoms with Gasteiger partial charge in [-0.1, -0.05) is 291 Å². The van der Waals surface area contributed by atoms with Crippen molar-refractivity contribution in [3.8, 4) is 201 Å². The van der Waals surface area contributed by atoms with Crippen LogP contribution in [0.2, 0.25) is 0 Å². The monoisotopic (exact) mass is 1940 g/mol. The van der Waals surface area contributed by atoms with Crippen LogP contribution < -0.4 is 0 Å². The molecule has 4 aliphatic carbocycles. The van der Waals surface area contributed by atoms with Gasteiger partial charge in [-0.2, -0.15) is 0 Å². The van der Waals surface area contributed by atoms with Crippen molar-refractivity contribution in [2.45, 2.75) is 51.4 Å². The first kappa shape index (κ1) is 77.4. The van der Waals surface area contributed by atoms with Crippen molar-refractivity contribution >= 4 is 0 Å². The van der Waals surface area contributed by atoms with E-state index < -0.39 is 0 Å². The summed E-state index contributed by atoms with van der Waals surface area (Å²) >= 11 is 0. The Morgan fingerprint density at radius 1 is 0.177 bits per heavy atom. The van der Waals surface area contributed by atoms with Crippen LogP contribution in [0.15, 0.2) is 353 Å². The third kappa shape index (κ3) is 14.3. The Morgan fingerprint density at radius 3 is 0.629 bits per heavy atom. The molecule has 0 aliphatic heterocycles. The van der Waals surface area contributed by atoms with Crippen LogP contribution in [0.1, 0.15) is 44.5 Å². The zero-order valence-electron chi connectivity index (χ0n) is 67.5. The van der Waals surface area contributed by atoms with Crippen molar-refractivity contribution in [1.29, 1.82) is 0 Å². The van der Waals surface area contributed by atoms with Gasteiger partial charge in [-0.3, -0.25) is 9.97 Å². The first-order chi connectivity index (χ1) is 60.4. The second kappa shape index (κ2) is 33.1. The summed E-state index contributed by atoms with van der Waals surface area (Å²) in [5, 5.41) is 0. The zero-order valence-corrected chi connectivity index (χ0v) is 72.3. The molecule has 0 bridgehead atoms. The summed E-state index contributed by atoms with van der Waals surface area (Å²) in [6.45, 7) is 0. The van der Waals surface area contributed by atoms with E-state index in [0.717, 1.165) is 252 Å². The molecule has 8 heteroatoms. The maximum atomic E-state index is 4.89. The third-order valence-corrected chi connectivity index (χ3v) is 25.3. The van der Waals surface area contributed by atoms with Gasteiger partial charge in [-0.05, 0) is 187 Å². The Hall–Kier alpha value is -13.9. The number of hydrogen-bond acceptors (Lipinski definition) is 6. The molecule has 0 amide bonds. The summed E-state index contributed by atoms with van der Waals surface area (Å²) in [5.41, 5.74) is 48.8. The fourth-order valence-electron chi connectivity index (χ4n) is 19.3. The number of aromatic nitrogens is 6. The molecule has 124 heavy (non-hydrogen) atoms. The molecule has 5 heterocycles. The predicted molar refractivity (Wildman–Crippen MR) is 494 cm³/mol. The molecule has 0 saturated heterocycles. The molecule has 0 radical (unpaired) electrons. The summed E-state index contributed by atoms with van der Waals surface area (Å²) < 4.78 is 0. The predicted octanol–water partition coefficient (Wildman–Crippen LogP) is 27.3. The van der Waals surface area contributed by atoms with E-state index in [1.165, 1.54) is 44.5 Å². The molecular formula is C116H74Ir2N6. The van der Waals surface area contributed by atoms with Crippen LogP contribution in [0.5, 0.6) is 0 Å². The Morgan fingerprint density at radius 2 is 0.395 bits per heavy atom. The average molecular weight is 1940 g/mol. The summed E-state index contributed by atoms with van der Waals surface area (Å²) in [7, 11) is 0. The second-order valence-corrected chi connectivity index (χ2v) is 32.3. The first-order valence-corrected chi connectivity index (χ1v) is 42.1. The van der Waals surface area contributed by atoms with E-state index in [2.05, 4.69) is 334 Å². The standard InChI is InChI=1S/C116H74N6.2Ir/c1-7-27-101(89-65-91(103-29-9-3-23-97(103)81-49-53-107-85(61-81)45-41-77-17-13-57-117-113(77)107)69-92(66-89)104-30-10-4-24-98(104)82-50-54-108-86(62-82)46-42-78-18-14-58-118-114(78)108)95(21-1)73-33-37-75(38-34-73)111-71-112(122-72-121-111)76-39-35-74(36-40-76)96-22-2-8-28-102(96)90-67-93(105-31-11-5-25-99(105)83-51-55-109-87(63-83)47-43-79-19-15-59-119-115(79)109)70-94(68-90)106-32-12-6-26-100(106)84-52-56-110-88(64-84)48-44-80-20-16-60-120-116(80)110;;/h1-37,39,49-52,57-72H,41-48H2;;/q-6;2*+3. The number of benzene rings is 14. The topological polar surface area (TPSA) is 77.3 Å². The Balaban J connectivity index is 0.00000471. The molecule has 0 N–H and O–H groups in total. The SMILES string of the molecule is [Ir+3].[Ir+3].[c-]1cc(-c2ccccc2-c2cc(-c3ccccc3-c3c[c-]c4c(c3)CCc3cccnc3-4)cc(-c3ccccc3-c3c[c-]c4c(c3)CCc3cccnc3-4)c2)ccc1-c1cc(-c2[c-]cc(-c3ccccc3-c3cc(-c4ccccc4-c4c[c-]c5c(c4)CCc4cccnc4-5)cc(-c4ccccc4-c4c[c-]c5c(c4)CCc4cccnc4-5)c3)cc2)ncn1. The summed E-state index contributed by atoms with van der Waals surface area (Å²) in [6.07, 6.45) is 16.8. The van der Waals surface area contributed by atoms with Crippen LogP contribution in [0.4, 0.5) is 0 Å². The Bertz CT molecular complexity index is 6650. The number of pyridine rings is 4. The molecule has 0 atom stereocenters. The molecule has 0 fully saturated rings. The normalized spacial score (nSPS) is 12.5. The molecule has 0 unspecified atom stereocenters. The van der Waals surface area contributed by atoms with Gasteiger partial charge in [-0.25, -0.2) is 0 Å². The Labute approximate surface area is 750 Å². The van der Waals surface area contributed by atoms with Gasteiger partial charge in [0.2, 0.25) is 0 Å². The number of rotatable bonds is 14. The van der Waals surface area contributed by atoms with Crippen molar-refractivity contribution in [2.24, 2.45) is 0 Å². The molecule has 0 saturated carbocycles. The molecule has 19 aromatic rings. The van der Waals surface area contributed by atoms with E-state index in [1.54, 1.807) is 6.33 Å². The van der Waals surface area contributed by atoms with Crippen molar-refractivity contribution < 1.29 is 40.2 Å². The van der Waals surface area contributed by atoms with Crippen molar-refractivity contribution in [3.05, 3.63) is 434 Å². The van der Waals surface area contributed by atoms with Gasteiger partial charge in [-0.15, -0.1) is 177 Å². The molecule has 4 aliphatic rings. The minimum absolute atomic E-state index is 0. The van der Waals surface area contributed by atoms with E-state index >= 15 is 0 Å². The molecule has 0 spiro atoms. The maximum Gasteiger partial charge on any atom is 3.00 e. The van der Waals surface area contributed by atoms with Crippen LogP contribution in [-0.4, -0.2) is 29.9 Å². The quantitative estimate of drug-likeness (QED) is 0.101.